The number of methoxy groups -OCH3 is 1. The average molecular weight is 357 g/mol. The highest BCUT2D eigenvalue weighted by Crippen LogP contribution is 2.18. The first kappa shape index (κ1) is 15.0. The summed E-state index contributed by atoms with van der Waals surface area (Å²) >= 11 is 3.25. The summed E-state index contributed by atoms with van der Waals surface area (Å²) in [6.07, 6.45) is 0. The molecule has 0 spiro atoms. The normalized spacial score (nSPS) is 11.3. The fraction of sp³-hybridized carbons (Fsp3) is 0.143. The fourth-order valence-corrected chi connectivity index (χ4v) is 2.70. The fourth-order valence-electron chi connectivity index (χ4n) is 1.54. The second-order valence-electron chi connectivity index (χ2n) is 4.02. The maximum Gasteiger partial charge on any atom is 0.297 e. The molecule has 0 saturated heterocycles. The molecule has 0 N–H and O–H groups in total. The van der Waals surface area contributed by atoms with Crippen molar-refractivity contribution in [3.63, 3.8) is 0 Å². The molecule has 4 nitrogen and oxygen atoms in total. The molecular weight excluding hydrogens is 344 g/mol. The van der Waals surface area contributed by atoms with Gasteiger partial charge in [-0.1, -0.05) is 28.1 Å². The van der Waals surface area contributed by atoms with Crippen LogP contribution in [-0.2, 0) is 20.9 Å². The van der Waals surface area contributed by atoms with Gasteiger partial charge in [-0.3, -0.25) is 4.18 Å². The third-order valence-corrected chi connectivity index (χ3v) is 4.45. The minimum Gasteiger partial charge on any atom is -0.497 e. The smallest absolute Gasteiger partial charge is 0.297 e. The molecule has 106 valence electrons. The number of benzene rings is 2. The van der Waals surface area contributed by atoms with Crippen LogP contribution < -0.4 is 4.74 Å². The molecule has 0 heterocycles. The summed E-state index contributed by atoms with van der Waals surface area (Å²) in [7, 11) is -2.17. The molecule has 0 radical (unpaired) electrons. The van der Waals surface area contributed by atoms with Crippen LogP contribution in [0.1, 0.15) is 5.56 Å². The predicted octanol–water partition coefficient (Wildman–Crippen LogP) is 3.36. The Morgan fingerprint density at radius 1 is 1.00 bits per heavy atom. The van der Waals surface area contributed by atoms with E-state index in [0.717, 1.165) is 10.0 Å². The zero-order chi connectivity index (χ0) is 14.6. The first-order valence-corrected chi connectivity index (χ1v) is 7.99. The van der Waals surface area contributed by atoms with Gasteiger partial charge in [0.05, 0.1) is 18.6 Å². The van der Waals surface area contributed by atoms with Crippen molar-refractivity contribution in [1.82, 2.24) is 0 Å². The maximum atomic E-state index is 12.0. The van der Waals surface area contributed by atoms with E-state index in [-0.39, 0.29) is 11.5 Å². The standard InChI is InChI=1S/C14H13BrO4S/c1-18-13-6-2-11(3-7-13)10-19-20(16,17)14-8-4-12(15)5-9-14/h2-9H,10H2,1H3. The molecule has 0 amide bonds. The van der Waals surface area contributed by atoms with Crippen molar-refractivity contribution in [2.24, 2.45) is 0 Å². The minimum atomic E-state index is -3.74. The molecule has 2 rings (SSSR count). The van der Waals surface area contributed by atoms with E-state index >= 15 is 0 Å². The Bertz CT molecular complexity index is 663. The molecule has 0 aliphatic heterocycles. The molecule has 0 saturated carbocycles. The molecule has 0 unspecified atom stereocenters. The highest BCUT2D eigenvalue weighted by molar-refractivity contribution is 9.10. The Morgan fingerprint density at radius 2 is 1.60 bits per heavy atom. The lowest BCUT2D eigenvalue weighted by molar-refractivity contribution is 0.308. The maximum absolute atomic E-state index is 12.0. The average Bonchev–Trinajstić information content (AvgIpc) is 2.46. The van der Waals surface area contributed by atoms with Crippen LogP contribution in [-0.4, -0.2) is 15.5 Å². The quantitative estimate of drug-likeness (QED) is 0.770. The lowest BCUT2D eigenvalue weighted by Crippen LogP contribution is -2.06. The van der Waals surface area contributed by atoms with Gasteiger partial charge in [0.2, 0.25) is 0 Å². The Morgan fingerprint density at radius 3 is 2.15 bits per heavy atom. The van der Waals surface area contributed by atoms with Crippen molar-refractivity contribution in [2.45, 2.75) is 11.5 Å². The third-order valence-electron chi connectivity index (χ3n) is 2.64. The second-order valence-corrected chi connectivity index (χ2v) is 6.55. The largest absolute Gasteiger partial charge is 0.497 e. The molecule has 6 heteroatoms. The Labute approximate surface area is 126 Å². The van der Waals surface area contributed by atoms with Crippen LogP contribution in [0.15, 0.2) is 57.9 Å². The Hall–Kier alpha value is -1.37. The SMILES string of the molecule is COc1ccc(COS(=O)(=O)c2ccc(Br)cc2)cc1. The van der Waals surface area contributed by atoms with E-state index in [9.17, 15) is 8.42 Å². The van der Waals surface area contributed by atoms with Crippen molar-refractivity contribution in [1.29, 1.82) is 0 Å². The van der Waals surface area contributed by atoms with E-state index in [0.29, 0.717) is 5.75 Å². The lowest BCUT2D eigenvalue weighted by atomic mass is 10.2. The van der Waals surface area contributed by atoms with Gasteiger partial charge in [-0.05, 0) is 42.0 Å². The van der Waals surface area contributed by atoms with Gasteiger partial charge >= 0.3 is 0 Å². The Balaban J connectivity index is 2.06. The summed E-state index contributed by atoms with van der Waals surface area (Å²) in [5.74, 6) is 0.713. The molecule has 0 fully saturated rings. The Kier molecular flexibility index (Phi) is 4.80. The minimum absolute atomic E-state index is 0.0115. The van der Waals surface area contributed by atoms with Crippen LogP contribution in [0, 0.1) is 0 Å². The first-order valence-electron chi connectivity index (χ1n) is 5.79. The van der Waals surface area contributed by atoms with Gasteiger partial charge in [0.25, 0.3) is 10.1 Å². The number of hydrogen-bond acceptors (Lipinski definition) is 4. The van der Waals surface area contributed by atoms with Crippen molar-refractivity contribution in [3.8, 4) is 5.75 Å². The molecule has 2 aromatic rings. The van der Waals surface area contributed by atoms with Gasteiger partial charge in [0.15, 0.2) is 0 Å². The molecule has 0 aliphatic carbocycles. The van der Waals surface area contributed by atoms with Crippen LogP contribution >= 0.6 is 15.9 Å². The van der Waals surface area contributed by atoms with Crippen molar-refractivity contribution in [2.75, 3.05) is 7.11 Å². The second kappa shape index (κ2) is 6.39. The monoisotopic (exact) mass is 356 g/mol. The number of halogens is 1. The topological polar surface area (TPSA) is 52.6 Å². The zero-order valence-electron chi connectivity index (χ0n) is 10.7. The number of ether oxygens (including phenoxy) is 1. The highest BCUT2D eigenvalue weighted by Gasteiger charge is 2.14. The molecule has 0 aliphatic rings. The van der Waals surface area contributed by atoms with E-state index in [2.05, 4.69) is 15.9 Å². The van der Waals surface area contributed by atoms with Gasteiger partial charge in [0.1, 0.15) is 5.75 Å². The van der Waals surface area contributed by atoms with Crippen LogP contribution in [0.4, 0.5) is 0 Å². The molecule has 0 atom stereocenters. The molecule has 2 aromatic carbocycles. The number of rotatable bonds is 5. The summed E-state index contributed by atoms with van der Waals surface area (Å²) in [6, 6.07) is 13.3. The van der Waals surface area contributed by atoms with Crippen molar-refractivity contribution in [3.05, 3.63) is 58.6 Å². The van der Waals surface area contributed by atoms with Crippen LogP contribution in [0.5, 0.6) is 5.75 Å². The summed E-state index contributed by atoms with van der Waals surface area (Å²) in [5, 5.41) is 0. The summed E-state index contributed by atoms with van der Waals surface area (Å²) in [6.45, 7) is -0.0115. The highest BCUT2D eigenvalue weighted by atomic mass is 79.9. The van der Waals surface area contributed by atoms with Crippen LogP contribution in [0.3, 0.4) is 0 Å². The van der Waals surface area contributed by atoms with Gasteiger partial charge in [-0.25, -0.2) is 0 Å². The van der Waals surface area contributed by atoms with Crippen LogP contribution in [0.25, 0.3) is 0 Å². The van der Waals surface area contributed by atoms with Crippen LogP contribution in [0.2, 0.25) is 0 Å². The van der Waals surface area contributed by atoms with E-state index in [1.807, 2.05) is 0 Å². The van der Waals surface area contributed by atoms with E-state index in [4.69, 9.17) is 8.92 Å². The first-order chi connectivity index (χ1) is 9.51. The third kappa shape index (κ3) is 3.82. The summed E-state index contributed by atoms with van der Waals surface area (Å²) in [4.78, 5) is 0.134. The predicted molar refractivity (Wildman–Crippen MR) is 79.1 cm³/mol. The summed E-state index contributed by atoms with van der Waals surface area (Å²) in [5.41, 5.74) is 0.756. The van der Waals surface area contributed by atoms with Gasteiger partial charge in [0, 0.05) is 4.47 Å². The molecule has 0 bridgehead atoms. The van der Waals surface area contributed by atoms with Gasteiger partial charge < -0.3 is 4.74 Å². The van der Waals surface area contributed by atoms with Gasteiger partial charge in [-0.2, -0.15) is 8.42 Å². The zero-order valence-corrected chi connectivity index (χ0v) is 13.1. The summed E-state index contributed by atoms with van der Waals surface area (Å²) < 4.78 is 34.8. The van der Waals surface area contributed by atoms with Crippen molar-refractivity contribution >= 4 is 26.0 Å². The van der Waals surface area contributed by atoms with Gasteiger partial charge in [-0.15, -0.1) is 0 Å². The van der Waals surface area contributed by atoms with E-state index < -0.39 is 10.1 Å². The van der Waals surface area contributed by atoms with E-state index in [1.54, 1.807) is 43.5 Å². The van der Waals surface area contributed by atoms with E-state index in [1.165, 1.54) is 12.1 Å². The number of hydrogen-bond donors (Lipinski definition) is 0. The molecule has 0 aromatic heterocycles. The molecule has 20 heavy (non-hydrogen) atoms. The lowest BCUT2D eigenvalue weighted by Gasteiger charge is -2.06. The van der Waals surface area contributed by atoms with Crippen molar-refractivity contribution < 1.29 is 17.3 Å². The molecular formula is C14H13BrO4S.